The molecule has 1 saturated heterocycles. The highest BCUT2D eigenvalue weighted by Crippen LogP contribution is 2.24. The molecule has 0 spiro atoms. The second-order valence-electron chi connectivity index (χ2n) is 5.86. The van der Waals surface area contributed by atoms with Crippen molar-refractivity contribution in [2.75, 3.05) is 19.7 Å². The van der Waals surface area contributed by atoms with E-state index < -0.39 is 0 Å². The molecular weight excluding hydrogens is 324 g/mol. The van der Waals surface area contributed by atoms with Gasteiger partial charge >= 0.3 is 6.03 Å². The number of morpholine rings is 1. The summed E-state index contributed by atoms with van der Waals surface area (Å²) < 4.78 is 7.71. The number of thiophene rings is 1. The normalized spacial score (nSPS) is 19.2. The third kappa shape index (κ3) is 3.79. The Morgan fingerprint density at radius 2 is 2.42 bits per heavy atom. The van der Waals surface area contributed by atoms with Crippen molar-refractivity contribution in [1.29, 1.82) is 0 Å². The van der Waals surface area contributed by atoms with E-state index in [4.69, 9.17) is 4.74 Å². The van der Waals surface area contributed by atoms with Gasteiger partial charge in [-0.2, -0.15) is 5.10 Å². The van der Waals surface area contributed by atoms with E-state index in [1.165, 1.54) is 4.88 Å². The highest BCUT2D eigenvalue weighted by atomic mass is 32.1. The molecule has 7 heteroatoms. The smallest absolute Gasteiger partial charge is 0.318 e. The molecule has 0 bridgehead atoms. The van der Waals surface area contributed by atoms with Crippen LogP contribution in [0.4, 0.5) is 4.79 Å². The van der Waals surface area contributed by atoms with E-state index in [0.717, 1.165) is 18.5 Å². The predicted molar refractivity (Wildman–Crippen MR) is 94.0 cm³/mol. The van der Waals surface area contributed by atoms with Crippen molar-refractivity contribution in [3.63, 3.8) is 0 Å². The lowest BCUT2D eigenvalue weighted by Gasteiger charge is -2.33. The van der Waals surface area contributed by atoms with Crippen molar-refractivity contribution in [2.45, 2.75) is 39.0 Å². The fourth-order valence-corrected chi connectivity index (χ4v) is 3.72. The zero-order chi connectivity index (χ0) is 16.9. The van der Waals surface area contributed by atoms with Crippen LogP contribution in [0.2, 0.25) is 0 Å². The van der Waals surface area contributed by atoms with E-state index in [1.807, 2.05) is 40.3 Å². The standard InChI is InChI=1S/C17H24N4O2S/c1-3-14(16-6-5-9-24-16)19-17(22)20-7-8-23-15(12-20)13-10-18-21(4-2)11-13/h5-6,9-11,14-15H,3-4,7-8,12H2,1-2H3,(H,19,22). The average molecular weight is 348 g/mol. The van der Waals surface area contributed by atoms with Crippen LogP contribution in [0.5, 0.6) is 0 Å². The predicted octanol–water partition coefficient (Wildman–Crippen LogP) is 3.20. The van der Waals surface area contributed by atoms with E-state index in [1.54, 1.807) is 11.3 Å². The largest absolute Gasteiger partial charge is 0.370 e. The summed E-state index contributed by atoms with van der Waals surface area (Å²) in [5.41, 5.74) is 1.03. The SMILES string of the molecule is CCC(NC(=O)N1CCOC(c2cnn(CC)c2)C1)c1cccs1. The molecule has 130 valence electrons. The van der Waals surface area contributed by atoms with E-state index >= 15 is 0 Å². The second-order valence-corrected chi connectivity index (χ2v) is 6.84. The van der Waals surface area contributed by atoms with Gasteiger partial charge in [0.1, 0.15) is 6.10 Å². The summed E-state index contributed by atoms with van der Waals surface area (Å²) in [6, 6.07) is 4.14. The first-order valence-corrected chi connectivity index (χ1v) is 9.32. The molecule has 6 nitrogen and oxygen atoms in total. The van der Waals surface area contributed by atoms with Crippen molar-refractivity contribution in [2.24, 2.45) is 0 Å². The van der Waals surface area contributed by atoms with Crippen LogP contribution in [0.15, 0.2) is 29.9 Å². The lowest BCUT2D eigenvalue weighted by Crippen LogP contribution is -2.47. The van der Waals surface area contributed by atoms with Gasteiger partial charge in [0.2, 0.25) is 0 Å². The Morgan fingerprint density at radius 3 is 3.08 bits per heavy atom. The molecule has 1 fully saturated rings. The van der Waals surface area contributed by atoms with Crippen LogP contribution in [-0.2, 0) is 11.3 Å². The van der Waals surface area contributed by atoms with Crippen molar-refractivity contribution in [1.82, 2.24) is 20.0 Å². The lowest BCUT2D eigenvalue weighted by molar-refractivity contribution is -0.0158. The number of carbonyl (C=O) groups is 1. The van der Waals surface area contributed by atoms with Crippen LogP contribution in [0.1, 0.15) is 42.9 Å². The first-order valence-electron chi connectivity index (χ1n) is 8.44. The van der Waals surface area contributed by atoms with Crippen molar-refractivity contribution in [3.8, 4) is 0 Å². The van der Waals surface area contributed by atoms with Crippen LogP contribution in [0, 0.1) is 0 Å². The van der Waals surface area contributed by atoms with Gasteiger partial charge in [0.15, 0.2) is 0 Å². The molecule has 2 aromatic rings. The van der Waals surface area contributed by atoms with E-state index in [-0.39, 0.29) is 18.2 Å². The topological polar surface area (TPSA) is 59.4 Å². The number of amides is 2. The molecule has 24 heavy (non-hydrogen) atoms. The number of aromatic nitrogens is 2. The molecule has 1 N–H and O–H groups in total. The van der Waals surface area contributed by atoms with Crippen molar-refractivity contribution >= 4 is 17.4 Å². The summed E-state index contributed by atoms with van der Waals surface area (Å²) in [7, 11) is 0. The molecule has 0 aromatic carbocycles. The van der Waals surface area contributed by atoms with Gasteiger partial charge in [-0.3, -0.25) is 4.68 Å². The second kappa shape index (κ2) is 7.81. The molecule has 3 rings (SSSR count). The molecule has 0 radical (unpaired) electrons. The molecule has 2 aromatic heterocycles. The molecule has 1 aliphatic rings. The lowest BCUT2D eigenvalue weighted by atomic mass is 10.1. The summed E-state index contributed by atoms with van der Waals surface area (Å²) in [4.78, 5) is 15.7. The number of aryl methyl sites for hydroxylation is 1. The Kier molecular flexibility index (Phi) is 5.52. The Balaban J connectivity index is 1.62. The highest BCUT2D eigenvalue weighted by molar-refractivity contribution is 7.10. The number of hydrogen-bond acceptors (Lipinski definition) is 4. The van der Waals surface area contributed by atoms with Gasteiger partial charge in [0, 0.05) is 29.7 Å². The van der Waals surface area contributed by atoms with Gasteiger partial charge in [0.25, 0.3) is 0 Å². The Labute approximate surface area is 146 Å². The maximum absolute atomic E-state index is 12.6. The van der Waals surface area contributed by atoms with Crippen LogP contribution in [0.3, 0.4) is 0 Å². The van der Waals surface area contributed by atoms with Gasteiger partial charge in [-0.1, -0.05) is 13.0 Å². The quantitative estimate of drug-likeness (QED) is 0.903. The average Bonchev–Trinajstić information content (AvgIpc) is 3.31. The van der Waals surface area contributed by atoms with E-state index in [0.29, 0.717) is 19.7 Å². The number of urea groups is 1. The number of ether oxygens (including phenoxy) is 1. The van der Waals surface area contributed by atoms with E-state index in [9.17, 15) is 4.79 Å². The number of carbonyl (C=O) groups excluding carboxylic acids is 1. The number of rotatable bonds is 5. The minimum Gasteiger partial charge on any atom is -0.370 e. The molecule has 2 amide bonds. The minimum atomic E-state index is -0.105. The molecule has 2 unspecified atom stereocenters. The van der Waals surface area contributed by atoms with E-state index in [2.05, 4.69) is 23.4 Å². The summed E-state index contributed by atoms with van der Waals surface area (Å²) in [5, 5.41) is 9.48. The molecule has 2 atom stereocenters. The maximum Gasteiger partial charge on any atom is 0.318 e. The first kappa shape index (κ1) is 17.0. The maximum atomic E-state index is 12.6. The fourth-order valence-electron chi connectivity index (χ4n) is 2.86. The zero-order valence-corrected chi connectivity index (χ0v) is 15.0. The Hall–Kier alpha value is -1.86. The molecule has 0 aliphatic carbocycles. The monoisotopic (exact) mass is 348 g/mol. The van der Waals surface area contributed by atoms with Gasteiger partial charge < -0.3 is 15.0 Å². The molecule has 1 aliphatic heterocycles. The molecule has 3 heterocycles. The van der Waals surface area contributed by atoms with Crippen molar-refractivity contribution in [3.05, 3.63) is 40.3 Å². The fraction of sp³-hybridized carbons (Fsp3) is 0.529. The number of hydrogen-bond donors (Lipinski definition) is 1. The van der Waals surface area contributed by atoms with Crippen LogP contribution in [0.25, 0.3) is 0 Å². The summed E-state index contributed by atoms with van der Waals surface area (Å²) in [6.07, 6.45) is 4.60. The Bertz CT molecular complexity index is 655. The third-order valence-electron chi connectivity index (χ3n) is 4.30. The third-order valence-corrected chi connectivity index (χ3v) is 5.28. The van der Waals surface area contributed by atoms with Crippen LogP contribution in [-0.4, -0.2) is 40.4 Å². The number of nitrogens with one attached hydrogen (secondary N) is 1. The number of nitrogens with zero attached hydrogens (tertiary/aromatic N) is 3. The zero-order valence-electron chi connectivity index (χ0n) is 14.1. The van der Waals surface area contributed by atoms with Gasteiger partial charge in [-0.25, -0.2) is 4.79 Å². The molecule has 0 saturated carbocycles. The molecular formula is C17H24N4O2S. The van der Waals surface area contributed by atoms with Gasteiger partial charge in [-0.15, -0.1) is 11.3 Å². The highest BCUT2D eigenvalue weighted by Gasteiger charge is 2.27. The van der Waals surface area contributed by atoms with Crippen molar-refractivity contribution < 1.29 is 9.53 Å². The van der Waals surface area contributed by atoms with Gasteiger partial charge in [-0.05, 0) is 24.8 Å². The first-order chi connectivity index (χ1) is 11.7. The summed E-state index contributed by atoms with van der Waals surface area (Å²) >= 11 is 1.68. The summed E-state index contributed by atoms with van der Waals surface area (Å²) in [6.45, 7) is 6.69. The van der Waals surface area contributed by atoms with Crippen LogP contribution >= 0.6 is 11.3 Å². The minimum absolute atomic E-state index is 0.0218. The Morgan fingerprint density at radius 1 is 1.54 bits per heavy atom. The van der Waals surface area contributed by atoms with Crippen LogP contribution < -0.4 is 5.32 Å². The van der Waals surface area contributed by atoms with Gasteiger partial charge in [0.05, 0.1) is 25.4 Å². The summed E-state index contributed by atoms with van der Waals surface area (Å²) in [5.74, 6) is 0.